The average molecular weight is 345 g/mol. The summed E-state index contributed by atoms with van der Waals surface area (Å²) in [7, 11) is -4.41. The Kier molecular flexibility index (Phi) is 7.40. The summed E-state index contributed by atoms with van der Waals surface area (Å²) in [6, 6.07) is 10.2. The Hall–Kier alpha value is -0.546. The van der Waals surface area contributed by atoms with Crippen molar-refractivity contribution in [1.29, 1.82) is 0 Å². The number of aliphatic hydroxyl groups excluding tert-OH is 2. The molecule has 0 aliphatic heterocycles. The molecule has 0 aliphatic carbocycles. The number of aliphatic hydroxyl groups is 2. The van der Waals surface area contributed by atoms with Gasteiger partial charge in [-0.05, 0) is 23.7 Å². The van der Waals surface area contributed by atoms with Gasteiger partial charge in [0.1, 0.15) is 0 Å². The SMILES string of the molecule is CO[Si](CC(C)C)(CC(O)CO)O[Si](C)(O)c1ccccc1. The molecule has 0 aromatic heterocycles. The van der Waals surface area contributed by atoms with Crippen molar-refractivity contribution in [2.45, 2.75) is 38.6 Å². The summed E-state index contributed by atoms with van der Waals surface area (Å²) >= 11 is 0. The topological polar surface area (TPSA) is 79.2 Å². The van der Waals surface area contributed by atoms with Crippen LogP contribution in [0.15, 0.2) is 30.3 Å². The molecular weight excluding hydrogens is 316 g/mol. The van der Waals surface area contributed by atoms with Crippen LogP contribution in [0.3, 0.4) is 0 Å². The molecule has 0 heterocycles. The fourth-order valence-corrected chi connectivity index (χ4v) is 10.4. The smallest absolute Gasteiger partial charge is 0.357 e. The average Bonchev–Trinajstić information content (AvgIpc) is 2.46. The van der Waals surface area contributed by atoms with Crippen molar-refractivity contribution in [2.24, 2.45) is 5.92 Å². The predicted molar refractivity (Wildman–Crippen MR) is 91.3 cm³/mol. The van der Waals surface area contributed by atoms with Gasteiger partial charge in [-0.1, -0.05) is 44.2 Å². The highest BCUT2D eigenvalue weighted by atomic mass is 28.5. The molecule has 0 bridgehead atoms. The lowest BCUT2D eigenvalue weighted by Gasteiger charge is -2.37. The minimum absolute atomic E-state index is 0.244. The van der Waals surface area contributed by atoms with Crippen molar-refractivity contribution in [2.75, 3.05) is 13.7 Å². The van der Waals surface area contributed by atoms with Gasteiger partial charge < -0.3 is 23.5 Å². The summed E-state index contributed by atoms with van der Waals surface area (Å²) in [5, 5.41) is 19.8. The molecular formula is C15H28O5Si2. The van der Waals surface area contributed by atoms with E-state index in [0.717, 1.165) is 5.19 Å². The van der Waals surface area contributed by atoms with Crippen molar-refractivity contribution in [3.8, 4) is 0 Å². The van der Waals surface area contributed by atoms with Gasteiger partial charge in [-0.2, -0.15) is 0 Å². The van der Waals surface area contributed by atoms with Gasteiger partial charge in [0, 0.05) is 13.2 Å². The van der Waals surface area contributed by atoms with E-state index in [2.05, 4.69) is 0 Å². The Balaban J connectivity index is 3.05. The standard InChI is InChI=1S/C15H28O5Si2/c1-13(2)11-22(19-3,12-14(17)10-16)20-21(4,18)15-8-6-5-7-9-15/h5-9,13-14,16-18H,10-12H2,1-4H3. The lowest BCUT2D eigenvalue weighted by Crippen LogP contribution is -2.59. The van der Waals surface area contributed by atoms with Gasteiger partial charge in [0.25, 0.3) is 0 Å². The molecule has 126 valence electrons. The zero-order chi connectivity index (χ0) is 16.8. The second kappa shape index (κ2) is 8.35. The third-order valence-corrected chi connectivity index (χ3v) is 11.3. The molecule has 0 amide bonds. The minimum Gasteiger partial charge on any atom is -0.411 e. The summed E-state index contributed by atoms with van der Waals surface area (Å²) in [5.74, 6) is 0.304. The monoisotopic (exact) mass is 344 g/mol. The van der Waals surface area contributed by atoms with E-state index in [1.165, 1.54) is 0 Å². The lowest BCUT2D eigenvalue weighted by atomic mass is 10.3. The van der Waals surface area contributed by atoms with Crippen LogP contribution in [0.1, 0.15) is 13.8 Å². The third-order valence-electron chi connectivity index (χ3n) is 3.54. The van der Waals surface area contributed by atoms with Crippen molar-refractivity contribution in [1.82, 2.24) is 0 Å². The van der Waals surface area contributed by atoms with Gasteiger partial charge in [-0.3, -0.25) is 0 Å². The Morgan fingerprint density at radius 2 is 1.73 bits per heavy atom. The molecule has 1 rings (SSSR count). The van der Waals surface area contributed by atoms with E-state index in [1.54, 1.807) is 13.7 Å². The number of rotatable bonds is 9. The van der Waals surface area contributed by atoms with Gasteiger partial charge in [-0.25, -0.2) is 0 Å². The molecule has 3 atom stereocenters. The normalized spacial score (nSPS) is 18.7. The molecule has 22 heavy (non-hydrogen) atoms. The van der Waals surface area contributed by atoms with Crippen LogP contribution in [-0.2, 0) is 8.54 Å². The maximum Gasteiger partial charge on any atom is 0.357 e. The Morgan fingerprint density at radius 3 is 2.18 bits per heavy atom. The van der Waals surface area contributed by atoms with Crippen molar-refractivity contribution < 1.29 is 23.5 Å². The summed E-state index contributed by atoms with van der Waals surface area (Å²) in [4.78, 5) is 10.9. The van der Waals surface area contributed by atoms with Crippen molar-refractivity contribution >= 4 is 22.3 Å². The van der Waals surface area contributed by atoms with Crippen LogP contribution in [0.4, 0.5) is 0 Å². The summed E-state index contributed by atoms with van der Waals surface area (Å²) in [6.07, 6.45) is -0.897. The van der Waals surface area contributed by atoms with Gasteiger partial charge >= 0.3 is 17.1 Å². The molecule has 0 saturated heterocycles. The van der Waals surface area contributed by atoms with Gasteiger partial charge in [0.05, 0.1) is 12.7 Å². The molecule has 5 nitrogen and oxygen atoms in total. The first-order valence-corrected chi connectivity index (χ1v) is 12.2. The summed E-state index contributed by atoms with van der Waals surface area (Å²) in [5.41, 5.74) is 0. The quantitative estimate of drug-likeness (QED) is 0.584. The highest BCUT2D eigenvalue weighted by Crippen LogP contribution is 2.27. The van der Waals surface area contributed by atoms with Crippen molar-refractivity contribution in [3.63, 3.8) is 0 Å². The number of hydrogen-bond donors (Lipinski definition) is 3. The Bertz CT molecular complexity index is 441. The molecule has 3 unspecified atom stereocenters. The van der Waals surface area contributed by atoms with Crippen molar-refractivity contribution in [3.05, 3.63) is 30.3 Å². The van der Waals surface area contributed by atoms with Crippen LogP contribution < -0.4 is 5.19 Å². The van der Waals surface area contributed by atoms with Crippen LogP contribution in [0.2, 0.25) is 18.6 Å². The maximum absolute atomic E-state index is 10.9. The molecule has 1 aromatic carbocycles. The fraction of sp³-hybridized carbons (Fsp3) is 0.600. The minimum atomic E-state index is -3.14. The van der Waals surface area contributed by atoms with E-state index in [-0.39, 0.29) is 12.7 Å². The van der Waals surface area contributed by atoms with Crippen LogP contribution in [0, 0.1) is 5.92 Å². The van der Waals surface area contributed by atoms with Gasteiger partial charge in [0.2, 0.25) is 0 Å². The molecule has 0 radical (unpaired) electrons. The third kappa shape index (κ3) is 5.58. The highest BCUT2D eigenvalue weighted by molar-refractivity contribution is 6.87. The van der Waals surface area contributed by atoms with Gasteiger partial charge in [-0.15, -0.1) is 0 Å². The lowest BCUT2D eigenvalue weighted by molar-refractivity contribution is 0.0987. The van der Waals surface area contributed by atoms with Crippen LogP contribution >= 0.6 is 0 Å². The largest absolute Gasteiger partial charge is 0.411 e. The molecule has 7 heteroatoms. The Morgan fingerprint density at radius 1 is 1.14 bits per heavy atom. The second-order valence-corrected chi connectivity index (χ2v) is 12.6. The van der Waals surface area contributed by atoms with Gasteiger partial charge in [0.15, 0.2) is 0 Å². The van der Waals surface area contributed by atoms with E-state index < -0.39 is 23.2 Å². The van der Waals surface area contributed by atoms with E-state index in [4.69, 9.17) is 13.6 Å². The van der Waals surface area contributed by atoms with E-state index in [0.29, 0.717) is 12.0 Å². The highest BCUT2D eigenvalue weighted by Gasteiger charge is 2.46. The maximum atomic E-state index is 10.9. The Labute approximate surface area is 135 Å². The first kappa shape index (κ1) is 19.5. The number of benzene rings is 1. The molecule has 1 aromatic rings. The fourth-order valence-electron chi connectivity index (χ4n) is 2.59. The zero-order valence-corrected chi connectivity index (χ0v) is 15.8. The summed E-state index contributed by atoms with van der Waals surface area (Å²) < 4.78 is 11.9. The molecule has 0 fully saturated rings. The molecule has 0 aliphatic rings. The van der Waals surface area contributed by atoms with E-state index in [9.17, 15) is 9.90 Å². The predicted octanol–water partition coefficient (Wildman–Crippen LogP) is 1.07. The first-order chi connectivity index (χ1) is 10.2. The summed E-state index contributed by atoms with van der Waals surface area (Å²) in [6.45, 7) is 5.48. The zero-order valence-electron chi connectivity index (χ0n) is 13.8. The first-order valence-electron chi connectivity index (χ1n) is 7.57. The molecule has 3 N–H and O–H groups in total. The molecule has 0 spiro atoms. The van der Waals surface area contributed by atoms with Crippen LogP contribution in [0.5, 0.6) is 0 Å². The number of hydrogen-bond acceptors (Lipinski definition) is 5. The second-order valence-electron chi connectivity index (χ2n) is 6.20. The van der Waals surface area contributed by atoms with E-state index >= 15 is 0 Å². The van der Waals surface area contributed by atoms with E-state index in [1.807, 2.05) is 44.2 Å². The molecule has 0 saturated carbocycles. The van der Waals surface area contributed by atoms with Crippen LogP contribution in [0.25, 0.3) is 0 Å². The van der Waals surface area contributed by atoms with Crippen LogP contribution in [-0.4, -0.2) is 52.0 Å².